The number of furan rings is 1. The fourth-order valence-corrected chi connectivity index (χ4v) is 5.52. The van der Waals surface area contributed by atoms with Crippen molar-refractivity contribution in [1.29, 1.82) is 0 Å². The first-order valence-corrected chi connectivity index (χ1v) is 10.9. The smallest absolute Gasteiger partial charge is 0.216 e. The van der Waals surface area contributed by atoms with Gasteiger partial charge < -0.3 is 4.42 Å². The lowest BCUT2D eigenvalue weighted by molar-refractivity contribution is -0.660. The quantitative estimate of drug-likeness (QED) is 0.258. The van der Waals surface area contributed by atoms with E-state index in [1.165, 1.54) is 34.5 Å². The SMILES string of the molecule is [2H]C([2H])([2H])c1cc(-c2c(C)ccc3c2oc2ccc4c(c23)C(C)(C)c2ccccc2-4)[n+](C)cc1C([2H])([2H])[2H]. The Morgan fingerprint density at radius 3 is 2.53 bits per heavy atom. The van der Waals surface area contributed by atoms with Gasteiger partial charge in [0.25, 0.3) is 0 Å². The summed E-state index contributed by atoms with van der Waals surface area (Å²) < 4.78 is 56.2. The molecule has 0 spiro atoms. The van der Waals surface area contributed by atoms with Gasteiger partial charge in [-0.15, -0.1) is 0 Å². The number of aromatic nitrogens is 1. The van der Waals surface area contributed by atoms with Crippen molar-refractivity contribution in [2.75, 3.05) is 0 Å². The zero-order valence-corrected chi connectivity index (χ0v) is 18.6. The number of pyridine rings is 1. The fourth-order valence-electron chi connectivity index (χ4n) is 5.52. The molecule has 0 saturated heterocycles. The highest BCUT2D eigenvalue weighted by Gasteiger charge is 2.38. The lowest BCUT2D eigenvalue weighted by Crippen LogP contribution is -2.31. The Bertz CT molecular complexity index is 1790. The lowest BCUT2D eigenvalue weighted by atomic mass is 9.80. The zero-order chi connectivity index (χ0) is 27.4. The van der Waals surface area contributed by atoms with Crippen LogP contribution in [0.15, 0.2) is 65.2 Å². The van der Waals surface area contributed by atoms with Crippen LogP contribution in [0.1, 0.15) is 49.9 Å². The zero-order valence-electron chi connectivity index (χ0n) is 24.6. The minimum Gasteiger partial charge on any atom is -0.455 e. The second kappa shape index (κ2) is 6.32. The number of hydrogen-bond acceptors (Lipinski definition) is 1. The topological polar surface area (TPSA) is 17.0 Å². The summed E-state index contributed by atoms with van der Waals surface area (Å²) in [6.45, 7) is 1.29. The van der Waals surface area contributed by atoms with Gasteiger partial charge in [-0.1, -0.05) is 56.3 Å². The van der Waals surface area contributed by atoms with Crippen LogP contribution >= 0.6 is 0 Å². The Morgan fingerprint density at radius 1 is 0.906 bits per heavy atom. The van der Waals surface area contributed by atoms with Crippen molar-refractivity contribution in [3.63, 3.8) is 0 Å². The Hall–Kier alpha value is -3.39. The maximum absolute atomic E-state index is 8.07. The molecule has 2 heteroatoms. The van der Waals surface area contributed by atoms with Crippen LogP contribution in [0.2, 0.25) is 0 Å². The highest BCUT2D eigenvalue weighted by Crippen LogP contribution is 2.53. The van der Waals surface area contributed by atoms with Crippen LogP contribution in [-0.2, 0) is 12.5 Å². The van der Waals surface area contributed by atoms with E-state index in [1.807, 2.05) is 19.1 Å². The molecule has 0 N–H and O–H groups in total. The molecule has 6 rings (SSSR count). The van der Waals surface area contributed by atoms with E-state index in [0.29, 0.717) is 11.3 Å². The van der Waals surface area contributed by atoms with E-state index in [1.54, 1.807) is 11.6 Å². The molecular weight excluding hydrogens is 390 g/mol. The molecule has 3 aromatic carbocycles. The van der Waals surface area contributed by atoms with Crippen LogP contribution in [-0.4, -0.2) is 0 Å². The molecule has 32 heavy (non-hydrogen) atoms. The third-order valence-corrected chi connectivity index (χ3v) is 7.06. The van der Waals surface area contributed by atoms with Gasteiger partial charge in [-0.3, -0.25) is 0 Å². The van der Waals surface area contributed by atoms with Gasteiger partial charge in [0.05, 0.1) is 5.56 Å². The highest BCUT2D eigenvalue weighted by molar-refractivity contribution is 6.14. The molecule has 0 fully saturated rings. The summed E-state index contributed by atoms with van der Waals surface area (Å²) in [6.07, 6.45) is 1.42. The molecule has 0 amide bonds. The summed E-state index contributed by atoms with van der Waals surface area (Å²) in [4.78, 5) is 0. The normalized spacial score (nSPS) is 17.8. The molecule has 2 heterocycles. The van der Waals surface area contributed by atoms with E-state index in [0.717, 1.165) is 27.5 Å². The largest absolute Gasteiger partial charge is 0.455 e. The van der Waals surface area contributed by atoms with Crippen molar-refractivity contribution in [3.8, 4) is 22.4 Å². The molecule has 0 atom stereocenters. The summed E-state index contributed by atoms with van der Waals surface area (Å²) >= 11 is 0. The third kappa shape index (κ3) is 2.38. The summed E-state index contributed by atoms with van der Waals surface area (Å²) in [5, 5.41) is 2.01. The number of aryl methyl sites for hydroxylation is 4. The molecule has 0 unspecified atom stereocenters. The predicted molar refractivity (Wildman–Crippen MR) is 132 cm³/mol. The average molecular weight is 425 g/mol. The van der Waals surface area contributed by atoms with E-state index in [-0.39, 0.29) is 16.5 Å². The maximum atomic E-state index is 8.07. The molecular formula is C30H28NO+. The molecule has 0 bridgehead atoms. The Morgan fingerprint density at radius 2 is 1.72 bits per heavy atom. The summed E-state index contributed by atoms with van der Waals surface area (Å²) in [5.74, 6) is 0. The summed E-state index contributed by atoms with van der Waals surface area (Å²) in [7, 11) is 1.74. The van der Waals surface area contributed by atoms with Crippen molar-refractivity contribution < 1.29 is 17.2 Å². The van der Waals surface area contributed by atoms with Crippen LogP contribution < -0.4 is 4.57 Å². The number of rotatable bonds is 1. The van der Waals surface area contributed by atoms with Crippen molar-refractivity contribution in [1.82, 2.24) is 0 Å². The standard InChI is InChI=1S/C30H28NO/c1-17-11-12-22-27-25(32-29(22)26(17)24-15-18(2)19(3)16-31(24)6)14-13-21-20-9-7-8-10-23(20)30(4,5)28(21)27/h7-16H,1-6H3/q+1/i2D3,3D3. The van der Waals surface area contributed by atoms with Gasteiger partial charge in [-0.05, 0) is 60.1 Å². The molecule has 1 aliphatic carbocycles. The van der Waals surface area contributed by atoms with Crippen LogP contribution in [0.5, 0.6) is 0 Å². The van der Waals surface area contributed by atoms with Gasteiger partial charge in [-0.2, -0.15) is 0 Å². The Kier molecular flexibility index (Phi) is 2.75. The van der Waals surface area contributed by atoms with Crippen LogP contribution in [0.3, 0.4) is 0 Å². The van der Waals surface area contributed by atoms with Crippen molar-refractivity contribution >= 4 is 21.9 Å². The summed E-state index contributed by atoms with van der Waals surface area (Å²) in [5.41, 5.74) is 8.02. The van der Waals surface area contributed by atoms with E-state index in [2.05, 4.69) is 50.2 Å². The minimum absolute atomic E-state index is 0.171. The molecule has 5 aromatic rings. The minimum atomic E-state index is -2.58. The van der Waals surface area contributed by atoms with E-state index in [9.17, 15) is 0 Å². The third-order valence-electron chi connectivity index (χ3n) is 7.06. The van der Waals surface area contributed by atoms with Gasteiger partial charge in [0.2, 0.25) is 5.69 Å². The van der Waals surface area contributed by atoms with Gasteiger partial charge >= 0.3 is 0 Å². The Labute approximate surface area is 197 Å². The number of nitrogens with zero attached hydrogens (tertiary/aromatic N) is 1. The second-order valence-electron chi connectivity index (χ2n) is 9.36. The van der Waals surface area contributed by atoms with Gasteiger partial charge in [-0.25, -0.2) is 4.57 Å². The Balaban J connectivity index is 1.70. The van der Waals surface area contributed by atoms with Gasteiger partial charge in [0.1, 0.15) is 18.2 Å². The second-order valence-corrected chi connectivity index (χ2v) is 9.36. The maximum Gasteiger partial charge on any atom is 0.216 e. The van der Waals surface area contributed by atoms with Crippen LogP contribution in [0, 0.1) is 20.6 Å². The van der Waals surface area contributed by atoms with Crippen molar-refractivity contribution in [2.45, 2.75) is 39.9 Å². The molecule has 2 nitrogen and oxygen atoms in total. The predicted octanol–water partition coefficient (Wildman–Crippen LogP) is 7.31. The number of benzene rings is 3. The van der Waals surface area contributed by atoms with Gasteiger partial charge in [0.15, 0.2) is 6.20 Å². The van der Waals surface area contributed by atoms with Crippen LogP contribution in [0.4, 0.5) is 0 Å². The number of hydrogen-bond donors (Lipinski definition) is 0. The average Bonchev–Trinajstić information content (AvgIpc) is 3.30. The van der Waals surface area contributed by atoms with E-state index in [4.69, 9.17) is 12.6 Å². The highest BCUT2D eigenvalue weighted by atomic mass is 16.3. The van der Waals surface area contributed by atoms with Crippen molar-refractivity contribution in [2.24, 2.45) is 7.05 Å². The fraction of sp³-hybridized carbons (Fsp3) is 0.233. The first-order chi connectivity index (χ1) is 17.7. The summed E-state index contributed by atoms with van der Waals surface area (Å²) in [6, 6.07) is 18.2. The molecule has 2 aromatic heterocycles. The van der Waals surface area contributed by atoms with E-state index < -0.39 is 13.7 Å². The monoisotopic (exact) mass is 424 g/mol. The lowest BCUT2D eigenvalue weighted by Gasteiger charge is -2.22. The number of fused-ring (bicyclic) bond motifs is 7. The first-order valence-electron chi connectivity index (χ1n) is 13.9. The molecule has 0 radical (unpaired) electrons. The van der Waals surface area contributed by atoms with Crippen LogP contribution in [0.25, 0.3) is 44.3 Å². The molecule has 0 saturated carbocycles. The van der Waals surface area contributed by atoms with Gasteiger partial charge in [0, 0.05) is 36.0 Å². The van der Waals surface area contributed by atoms with Crippen molar-refractivity contribution in [3.05, 3.63) is 88.6 Å². The molecule has 1 aliphatic rings. The molecule has 0 aliphatic heterocycles. The first kappa shape index (κ1) is 13.9. The molecule has 158 valence electrons. The van der Waals surface area contributed by atoms with E-state index >= 15 is 0 Å².